The first kappa shape index (κ1) is 22.0. The Morgan fingerprint density at radius 2 is 1.90 bits per heavy atom. The minimum atomic E-state index is -0.199. The molecule has 3 rings (SSSR count). The van der Waals surface area contributed by atoms with Crippen LogP contribution in [-0.4, -0.2) is 58.3 Å². The lowest BCUT2D eigenvalue weighted by Crippen LogP contribution is -2.42. The summed E-state index contributed by atoms with van der Waals surface area (Å²) in [5, 5.41) is 12.6. The van der Waals surface area contributed by atoms with Crippen LogP contribution in [0, 0.1) is 11.8 Å². The zero-order valence-electron chi connectivity index (χ0n) is 18.2. The molecule has 2 aromatic rings. The van der Waals surface area contributed by atoms with Crippen molar-refractivity contribution in [2.75, 3.05) is 27.3 Å². The lowest BCUT2D eigenvalue weighted by molar-refractivity contribution is -0.123. The molecule has 0 radical (unpaired) electrons. The van der Waals surface area contributed by atoms with Gasteiger partial charge in [-0.2, -0.15) is 0 Å². The highest BCUT2D eigenvalue weighted by Crippen LogP contribution is 2.31. The van der Waals surface area contributed by atoms with Gasteiger partial charge in [0.05, 0.1) is 20.3 Å². The van der Waals surface area contributed by atoms with Crippen LogP contribution in [0.2, 0.25) is 0 Å². The SMILES string of the molecule is COc1ccc(CCn2nnnc2[C@H](C(C)C)N2CCC(C(N)=O)CC2)cc1OC. The lowest BCUT2D eigenvalue weighted by atomic mass is 9.92. The van der Waals surface area contributed by atoms with Crippen LogP contribution in [0.15, 0.2) is 18.2 Å². The van der Waals surface area contributed by atoms with E-state index in [1.807, 2.05) is 22.9 Å². The van der Waals surface area contributed by atoms with Crippen molar-refractivity contribution < 1.29 is 14.3 Å². The molecule has 9 nitrogen and oxygen atoms in total. The molecule has 1 aromatic heterocycles. The topological polar surface area (TPSA) is 108 Å². The fraction of sp³-hybridized carbons (Fsp3) is 0.619. The molecule has 1 atom stereocenters. The van der Waals surface area contributed by atoms with Crippen molar-refractivity contribution in [1.82, 2.24) is 25.1 Å². The molecule has 0 bridgehead atoms. The van der Waals surface area contributed by atoms with Crippen molar-refractivity contribution in [1.29, 1.82) is 0 Å². The van der Waals surface area contributed by atoms with E-state index in [0.717, 1.165) is 43.7 Å². The smallest absolute Gasteiger partial charge is 0.220 e. The summed E-state index contributed by atoms with van der Waals surface area (Å²) in [7, 11) is 3.26. The third-order valence-corrected chi connectivity index (χ3v) is 5.84. The Balaban J connectivity index is 1.72. The second kappa shape index (κ2) is 9.88. The number of carbonyl (C=O) groups excluding carboxylic acids is 1. The van der Waals surface area contributed by atoms with Gasteiger partial charge in [0.1, 0.15) is 0 Å². The number of tetrazole rings is 1. The Hall–Kier alpha value is -2.68. The molecule has 1 amide bonds. The van der Waals surface area contributed by atoms with Crippen LogP contribution in [0.25, 0.3) is 0 Å². The summed E-state index contributed by atoms with van der Waals surface area (Å²) in [6.45, 7) is 6.66. The number of likely N-dealkylation sites (tertiary alicyclic amines) is 1. The summed E-state index contributed by atoms with van der Waals surface area (Å²) in [6.07, 6.45) is 2.34. The third-order valence-electron chi connectivity index (χ3n) is 5.84. The largest absolute Gasteiger partial charge is 0.493 e. The van der Waals surface area contributed by atoms with E-state index < -0.39 is 0 Å². The van der Waals surface area contributed by atoms with Gasteiger partial charge in [0.25, 0.3) is 0 Å². The summed E-state index contributed by atoms with van der Waals surface area (Å²) < 4.78 is 12.6. The highest BCUT2D eigenvalue weighted by atomic mass is 16.5. The van der Waals surface area contributed by atoms with E-state index in [4.69, 9.17) is 15.2 Å². The number of benzene rings is 1. The molecule has 2 N–H and O–H groups in total. The summed E-state index contributed by atoms with van der Waals surface area (Å²) in [6, 6.07) is 6.02. The molecule has 2 heterocycles. The Kier molecular flexibility index (Phi) is 7.25. The van der Waals surface area contributed by atoms with Gasteiger partial charge in [-0.05, 0) is 66.4 Å². The Morgan fingerprint density at radius 1 is 1.20 bits per heavy atom. The maximum absolute atomic E-state index is 11.5. The highest BCUT2D eigenvalue weighted by molar-refractivity contribution is 5.76. The van der Waals surface area contributed by atoms with E-state index in [9.17, 15) is 4.79 Å². The van der Waals surface area contributed by atoms with Gasteiger partial charge < -0.3 is 15.2 Å². The molecule has 1 saturated heterocycles. The number of hydrogen-bond acceptors (Lipinski definition) is 7. The standard InChI is InChI=1S/C21H32N6O3/c1-14(2)19(26-10-8-16(9-11-26)20(22)28)21-23-24-25-27(21)12-7-15-5-6-17(29-3)18(13-15)30-4/h5-6,13-14,16,19H,7-12H2,1-4H3,(H2,22,28)/t19-/m0/s1. The number of rotatable bonds is 9. The van der Waals surface area contributed by atoms with Gasteiger partial charge in [-0.15, -0.1) is 5.10 Å². The number of ether oxygens (including phenoxy) is 2. The van der Waals surface area contributed by atoms with E-state index in [-0.39, 0.29) is 17.9 Å². The van der Waals surface area contributed by atoms with Crippen LogP contribution in [0.1, 0.15) is 44.1 Å². The number of aromatic nitrogens is 4. The molecule has 1 aromatic carbocycles. The van der Waals surface area contributed by atoms with Crippen molar-refractivity contribution in [2.24, 2.45) is 17.6 Å². The molecule has 164 valence electrons. The number of carbonyl (C=O) groups is 1. The van der Waals surface area contributed by atoms with Gasteiger partial charge in [-0.3, -0.25) is 9.69 Å². The fourth-order valence-electron chi connectivity index (χ4n) is 4.20. The minimum Gasteiger partial charge on any atom is -0.493 e. The maximum Gasteiger partial charge on any atom is 0.220 e. The average molecular weight is 417 g/mol. The van der Waals surface area contributed by atoms with Crippen LogP contribution in [0.4, 0.5) is 0 Å². The number of amides is 1. The van der Waals surface area contributed by atoms with Gasteiger partial charge in [-0.1, -0.05) is 19.9 Å². The van der Waals surface area contributed by atoms with E-state index >= 15 is 0 Å². The monoisotopic (exact) mass is 416 g/mol. The molecule has 0 saturated carbocycles. The van der Waals surface area contributed by atoms with Gasteiger partial charge in [0.15, 0.2) is 17.3 Å². The number of aryl methyl sites for hydroxylation is 2. The Bertz CT molecular complexity index is 845. The minimum absolute atomic E-state index is 0.0323. The molecular formula is C21H32N6O3. The van der Waals surface area contributed by atoms with E-state index in [0.29, 0.717) is 24.0 Å². The zero-order valence-corrected chi connectivity index (χ0v) is 18.2. The van der Waals surface area contributed by atoms with Crippen molar-refractivity contribution in [3.8, 4) is 11.5 Å². The van der Waals surface area contributed by atoms with Crippen LogP contribution in [0.5, 0.6) is 11.5 Å². The van der Waals surface area contributed by atoms with Crippen LogP contribution in [0.3, 0.4) is 0 Å². The first-order valence-electron chi connectivity index (χ1n) is 10.4. The first-order chi connectivity index (χ1) is 14.4. The molecule has 9 heteroatoms. The van der Waals surface area contributed by atoms with E-state index in [1.54, 1.807) is 14.2 Å². The second-order valence-corrected chi connectivity index (χ2v) is 8.10. The van der Waals surface area contributed by atoms with Gasteiger partial charge >= 0.3 is 0 Å². The zero-order chi connectivity index (χ0) is 21.7. The van der Waals surface area contributed by atoms with Crippen LogP contribution >= 0.6 is 0 Å². The summed E-state index contributed by atoms with van der Waals surface area (Å²) in [4.78, 5) is 13.9. The highest BCUT2D eigenvalue weighted by Gasteiger charge is 2.33. The molecule has 1 fully saturated rings. The molecule has 1 aliphatic heterocycles. The van der Waals surface area contributed by atoms with Crippen molar-refractivity contribution in [2.45, 2.75) is 45.7 Å². The maximum atomic E-state index is 11.5. The number of methoxy groups -OCH3 is 2. The molecule has 30 heavy (non-hydrogen) atoms. The fourth-order valence-corrected chi connectivity index (χ4v) is 4.20. The number of hydrogen-bond donors (Lipinski definition) is 1. The lowest BCUT2D eigenvalue weighted by Gasteiger charge is -2.38. The summed E-state index contributed by atoms with van der Waals surface area (Å²) in [5.41, 5.74) is 6.61. The van der Waals surface area contributed by atoms with E-state index in [2.05, 4.69) is 34.3 Å². The van der Waals surface area contributed by atoms with E-state index in [1.165, 1.54) is 0 Å². The molecule has 0 unspecified atom stereocenters. The molecule has 0 spiro atoms. The molecular weight excluding hydrogens is 384 g/mol. The first-order valence-corrected chi connectivity index (χ1v) is 10.4. The predicted molar refractivity (Wildman–Crippen MR) is 112 cm³/mol. The third kappa shape index (κ3) is 4.89. The van der Waals surface area contributed by atoms with Crippen molar-refractivity contribution >= 4 is 5.91 Å². The number of nitrogens with zero attached hydrogens (tertiary/aromatic N) is 5. The average Bonchev–Trinajstić information content (AvgIpc) is 3.20. The number of piperidine rings is 1. The second-order valence-electron chi connectivity index (χ2n) is 8.10. The Morgan fingerprint density at radius 3 is 2.50 bits per heavy atom. The van der Waals surface area contributed by atoms with Crippen LogP contribution < -0.4 is 15.2 Å². The number of primary amides is 1. The molecule has 1 aliphatic rings. The van der Waals surface area contributed by atoms with Gasteiger partial charge in [-0.25, -0.2) is 4.68 Å². The van der Waals surface area contributed by atoms with Crippen molar-refractivity contribution in [3.05, 3.63) is 29.6 Å². The van der Waals surface area contributed by atoms with Crippen LogP contribution in [-0.2, 0) is 17.8 Å². The summed E-state index contributed by atoms with van der Waals surface area (Å²) in [5.74, 6) is 2.39. The van der Waals surface area contributed by atoms with Crippen molar-refractivity contribution in [3.63, 3.8) is 0 Å². The normalized spacial score (nSPS) is 16.6. The quantitative estimate of drug-likeness (QED) is 0.664. The predicted octanol–water partition coefficient (Wildman–Crippen LogP) is 1.83. The number of nitrogens with two attached hydrogens (primary N) is 1. The van der Waals surface area contributed by atoms with Gasteiger partial charge in [0.2, 0.25) is 5.91 Å². The van der Waals surface area contributed by atoms with Gasteiger partial charge in [0, 0.05) is 12.5 Å². The molecule has 0 aliphatic carbocycles. The summed E-state index contributed by atoms with van der Waals surface area (Å²) >= 11 is 0. The Labute approximate surface area is 177 Å².